The predicted molar refractivity (Wildman–Crippen MR) is 107 cm³/mol. The molecule has 0 fully saturated rings. The van der Waals surface area contributed by atoms with Crippen LogP contribution in [0.3, 0.4) is 0 Å². The molecule has 0 aliphatic rings. The molecule has 5 heteroatoms. The molecule has 1 atom stereocenters. The van der Waals surface area contributed by atoms with E-state index in [4.69, 9.17) is 0 Å². The van der Waals surface area contributed by atoms with Crippen molar-refractivity contribution in [3.05, 3.63) is 65.2 Å². The molecule has 136 valence electrons. The fraction of sp³-hybridized carbons (Fsp3) is 0.333. The molecule has 1 amide bonds. The first-order chi connectivity index (χ1) is 12.5. The van der Waals surface area contributed by atoms with Crippen LogP contribution in [-0.4, -0.2) is 29.4 Å². The first-order valence-electron chi connectivity index (χ1n) is 9.01. The zero-order valence-corrected chi connectivity index (χ0v) is 16.4. The molecule has 26 heavy (non-hydrogen) atoms. The number of quaternary nitrogens is 1. The van der Waals surface area contributed by atoms with Crippen molar-refractivity contribution in [2.75, 3.05) is 13.6 Å². The van der Waals surface area contributed by atoms with Gasteiger partial charge >= 0.3 is 0 Å². The van der Waals surface area contributed by atoms with Crippen LogP contribution in [0.2, 0.25) is 0 Å². The number of aromatic nitrogens is 1. The number of carbonyl (C=O) groups excluding carboxylic acids is 1. The molecule has 3 aromatic rings. The summed E-state index contributed by atoms with van der Waals surface area (Å²) in [6.07, 6.45) is 0. The van der Waals surface area contributed by atoms with Gasteiger partial charge < -0.3 is 10.2 Å². The van der Waals surface area contributed by atoms with Crippen molar-refractivity contribution < 1.29 is 10.1 Å². The van der Waals surface area contributed by atoms with Gasteiger partial charge in [-0.05, 0) is 12.1 Å². The average molecular weight is 369 g/mol. The lowest BCUT2D eigenvalue weighted by molar-refractivity contribution is -0.692. The Kier molecular flexibility index (Phi) is 6.01. The molecular weight excluding hydrogens is 342 g/mol. The minimum atomic E-state index is 0.130. The Labute approximate surface area is 158 Å². The van der Waals surface area contributed by atoms with E-state index in [0.717, 1.165) is 10.5 Å². The standard InChI is InChI=1S/C21H25N3OS/c1-15(2)21(16-9-5-4-6-10-16)22-13-20(25)24(3)14-19-23-17-11-7-8-12-18(17)26-19/h4-12,15,21-22H,13-14H2,1-3H3/p+1/t21-/m0/s1. The van der Waals surface area contributed by atoms with Crippen LogP contribution in [0.5, 0.6) is 0 Å². The summed E-state index contributed by atoms with van der Waals surface area (Å²) in [5.74, 6) is 0.589. The van der Waals surface area contributed by atoms with Gasteiger partial charge in [0, 0.05) is 18.5 Å². The first-order valence-corrected chi connectivity index (χ1v) is 9.83. The summed E-state index contributed by atoms with van der Waals surface area (Å²) in [5.41, 5.74) is 2.27. The highest BCUT2D eigenvalue weighted by Crippen LogP contribution is 2.22. The van der Waals surface area contributed by atoms with Crippen molar-refractivity contribution in [1.29, 1.82) is 0 Å². The van der Waals surface area contributed by atoms with E-state index in [2.05, 4.69) is 54.5 Å². The Morgan fingerprint density at radius 3 is 2.50 bits per heavy atom. The maximum atomic E-state index is 12.6. The number of carbonyl (C=O) groups is 1. The Bertz CT molecular complexity index is 827. The van der Waals surface area contributed by atoms with Crippen LogP contribution in [0.4, 0.5) is 0 Å². The normalized spacial score (nSPS) is 12.5. The van der Waals surface area contributed by atoms with Gasteiger partial charge in [0.25, 0.3) is 5.91 Å². The van der Waals surface area contributed by atoms with E-state index in [0.29, 0.717) is 19.0 Å². The van der Waals surface area contributed by atoms with Gasteiger partial charge in [0.2, 0.25) is 0 Å². The number of likely N-dealkylation sites (N-methyl/N-ethyl adjacent to an activating group) is 1. The van der Waals surface area contributed by atoms with Crippen LogP contribution >= 0.6 is 11.3 Å². The molecule has 1 aromatic heterocycles. The maximum absolute atomic E-state index is 12.6. The third-order valence-corrected chi connectivity index (χ3v) is 5.61. The Morgan fingerprint density at radius 1 is 1.12 bits per heavy atom. The van der Waals surface area contributed by atoms with Crippen molar-refractivity contribution in [3.8, 4) is 0 Å². The minimum Gasteiger partial charge on any atom is -0.334 e. The molecule has 4 nitrogen and oxygen atoms in total. The number of para-hydroxylation sites is 1. The van der Waals surface area contributed by atoms with Crippen LogP contribution in [-0.2, 0) is 11.3 Å². The quantitative estimate of drug-likeness (QED) is 0.696. The smallest absolute Gasteiger partial charge is 0.277 e. The molecule has 0 unspecified atom stereocenters. The molecular formula is C21H26N3OS+. The third-order valence-electron chi connectivity index (χ3n) is 4.59. The van der Waals surface area contributed by atoms with Crippen LogP contribution in [0.15, 0.2) is 54.6 Å². The van der Waals surface area contributed by atoms with Crippen molar-refractivity contribution >= 4 is 27.5 Å². The topological polar surface area (TPSA) is 49.8 Å². The molecule has 2 N–H and O–H groups in total. The van der Waals surface area contributed by atoms with E-state index >= 15 is 0 Å². The van der Waals surface area contributed by atoms with Crippen molar-refractivity contribution in [2.24, 2.45) is 5.92 Å². The van der Waals surface area contributed by atoms with Gasteiger partial charge in [0.1, 0.15) is 11.0 Å². The first kappa shape index (κ1) is 18.5. The Hall–Kier alpha value is -2.24. The number of hydrogen-bond donors (Lipinski definition) is 1. The summed E-state index contributed by atoms with van der Waals surface area (Å²) >= 11 is 1.65. The van der Waals surface area contributed by atoms with E-state index < -0.39 is 0 Å². The van der Waals surface area contributed by atoms with Crippen LogP contribution < -0.4 is 5.32 Å². The summed E-state index contributed by atoms with van der Waals surface area (Å²) in [7, 11) is 1.86. The molecule has 0 aliphatic heterocycles. The molecule has 2 aromatic carbocycles. The van der Waals surface area contributed by atoms with E-state index in [1.165, 1.54) is 10.3 Å². The highest BCUT2D eigenvalue weighted by Gasteiger charge is 2.21. The second-order valence-corrected chi connectivity index (χ2v) is 8.06. The maximum Gasteiger partial charge on any atom is 0.277 e. The third kappa shape index (κ3) is 4.48. The van der Waals surface area contributed by atoms with Crippen LogP contribution in [0, 0.1) is 5.92 Å². The number of benzene rings is 2. The summed E-state index contributed by atoms with van der Waals surface area (Å²) in [6.45, 7) is 5.40. The fourth-order valence-corrected chi connectivity index (χ4v) is 4.15. The highest BCUT2D eigenvalue weighted by atomic mass is 32.1. The molecule has 0 saturated heterocycles. The van der Waals surface area contributed by atoms with E-state index in [1.807, 2.05) is 31.3 Å². The number of nitrogens with two attached hydrogens (primary N) is 1. The van der Waals surface area contributed by atoms with E-state index in [9.17, 15) is 4.79 Å². The molecule has 0 bridgehead atoms. The number of rotatable bonds is 7. The van der Waals surface area contributed by atoms with Gasteiger partial charge in [-0.2, -0.15) is 0 Å². The molecule has 0 spiro atoms. The van der Waals surface area contributed by atoms with Crippen LogP contribution in [0.1, 0.15) is 30.5 Å². The van der Waals surface area contributed by atoms with E-state index in [-0.39, 0.29) is 11.9 Å². The SMILES string of the molecule is CC(C)[C@H]([NH2+]CC(=O)N(C)Cc1nc2ccccc2s1)c1ccccc1. The van der Waals surface area contributed by atoms with Gasteiger partial charge in [0.05, 0.1) is 16.8 Å². The zero-order chi connectivity index (χ0) is 18.5. The number of thiazole rings is 1. The van der Waals surface area contributed by atoms with Gasteiger partial charge in [-0.25, -0.2) is 4.98 Å². The Morgan fingerprint density at radius 2 is 1.81 bits per heavy atom. The van der Waals surface area contributed by atoms with E-state index in [1.54, 1.807) is 16.2 Å². The van der Waals surface area contributed by atoms with Gasteiger partial charge in [-0.3, -0.25) is 4.79 Å². The molecule has 0 saturated carbocycles. The predicted octanol–water partition coefficient (Wildman–Crippen LogP) is 3.22. The number of fused-ring (bicyclic) bond motifs is 1. The lowest BCUT2D eigenvalue weighted by Crippen LogP contribution is -2.88. The summed E-state index contributed by atoms with van der Waals surface area (Å²) in [6, 6.07) is 18.8. The summed E-state index contributed by atoms with van der Waals surface area (Å²) in [4.78, 5) is 19.0. The van der Waals surface area contributed by atoms with Crippen LogP contribution in [0.25, 0.3) is 10.2 Å². The summed E-state index contributed by atoms with van der Waals surface area (Å²) < 4.78 is 1.17. The molecule has 1 heterocycles. The van der Waals surface area contributed by atoms with Gasteiger partial charge in [-0.1, -0.05) is 56.3 Å². The van der Waals surface area contributed by atoms with Crippen molar-refractivity contribution in [3.63, 3.8) is 0 Å². The minimum absolute atomic E-state index is 0.130. The zero-order valence-electron chi connectivity index (χ0n) is 15.6. The second-order valence-electron chi connectivity index (χ2n) is 6.95. The second kappa shape index (κ2) is 8.43. The lowest BCUT2D eigenvalue weighted by Gasteiger charge is -2.21. The van der Waals surface area contributed by atoms with Gasteiger partial charge in [0.15, 0.2) is 6.54 Å². The number of nitrogens with zero attached hydrogens (tertiary/aromatic N) is 2. The average Bonchev–Trinajstić information content (AvgIpc) is 3.04. The molecule has 0 aliphatic carbocycles. The molecule has 3 rings (SSSR count). The van der Waals surface area contributed by atoms with Gasteiger partial charge in [-0.15, -0.1) is 11.3 Å². The van der Waals surface area contributed by atoms with Crippen molar-refractivity contribution in [1.82, 2.24) is 9.88 Å². The number of hydrogen-bond acceptors (Lipinski definition) is 3. The Balaban J connectivity index is 1.59. The highest BCUT2D eigenvalue weighted by molar-refractivity contribution is 7.18. The monoisotopic (exact) mass is 368 g/mol. The molecule has 0 radical (unpaired) electrons. The number of amides is 1. The lowest BCUT2D eigenvalue weighted by atomic mass is 9.96. The van der Waals surface area contributed by atoms with Crippen molar-refractivity contribution in [2.45, 2.75) is 26.4 Å². The largest absolute Gasteiger partial charge is 0.334 e. The fourth-order valence-electron chi connectivity index (χ4n) is 3.13. The summed E-state index contributed by atoms with van der Waals surface area (Å²) in [5, 5.41) is 3.13.